The second-order valence-electron chi connectivity index (χ2n) is 4.88. The first kappa shape index (κ1) is 16.1. The van der Waals surface area contributed by atoms with Crippen molar-refractivity contribution in [1.29, 1.82) is 0 Å². The lowest BCUT2D eigenvalue weighted by molar-refractivity contribution is 0.0697. The smallest absolute Gasteiger partial charge is 0.337 e. The fourth-order valence-electron chi connectivity index (χ4n) is 2.32. The summed E-state index contributed by atoms with van der Waals surface area (Å²) in [7, 11) is -3.91. The second-order valence-corrected chi connectivity index (χ2v) is 7.85. The van der Waals surface area contributed by atoms with Gasteiger partial charge in [0, 0.05) is 24.1 Å². The lowest BCUT2D eigenvalue weighted by Crippen LogP contribution is -2.38. The second kappa shape index (κ2) is 6.25. The van der Waals surface area contributed by atoms with Crippen LogP contribution in [0.4, 0.5) is 5.69 Å². The molecule has 21 heavy (non-hydrogen) atoms. The van der Waals surface area contributed by atoms with E-state index < -0.39 is 16.0 Å². The lowest BCUT2D eigenvalue weighted by Gasteiger charge is -2.34. The summed E-state index contributed by atoms with van der Waals surface area (Å²) in [6, 6.07) is 4.03. The summed E-state index contributed by atoms with van der Waals surface area (Å²) in [4.78, 5) is 13.2. The molecular weight excluding hydrogens is 312 g/mol. The molecule has 0 aromatic heterocycles. The summed E-state index contributed by atoms with van der Waals surface area (Å²) in [6.07, 6.45) is 1.01. The Kier molecular flexibility index (Phi) is 4.80. The SMILES string of the molecule is CCC1CN(c2ccc(S(N)(=O)=O)cc2C(=O)O)CCS1. The molecule has 1 unspecified atom stereocenters. The van der Waals surface area contributed by atoms with E-state index in [-0.39, 0.29) is 10.5 Å². The molecule has 1 saturated heterocycles. The van der Waals surface area contributed by atoms with Gasteiger partial charge in [0.25, 0.3) is 0 Å². The van der Waals surface area contributed by atoms with Crippen molar-refractivity contribution in [1.82, 2.24) is 0 Å². The first-order valence-corrected chi connectivity index (χ1v) is 9.19. The van der Waals surface area contributed by atoms with Crippen LogP contribution in [0.25, 0.3) is 0 Å². The van der Waals surface area contributed by atoms with Gasteiger partial charge in [0.05, 0.1) is 16.1 Å². The fourth-order valence-corrected chi connectivity index (χ4v) is 4.04. The average Bonchev–Trinajstić information content (AvgIpc) is 2.45. The molecule has 6 nitrogen and oxygen atoms in total. The van der Waals surface area contributed by atoms with E-state index in [2.05, 4.69) is 6.92 Å². The van der Waals surface area contributed by atoms with E-state index in [1.165, 1.54) is 12.1 Å². The minimum Gasteiger partial charge on any atom is -0.478 e. The van der Waals surface area contributed by atoms with Crippen molar-refractivity contribution in [3.63, 3.8) is 0 Å². The van der Waals surface area contributed by atoms with Crippen LogP contribution in [0.15, 0.2) is 23.1 Å². The fraction of sp³-hybridized carbons (Fsp3) is 0.462. The highest BCUT2D eigenvalue weighted by molar-refractivity contribution is 8.00. The first-order chi connectivity index (χ1) is 9.82. The molecule has 1 atom stereocenters. The molecule has 0 spiro atoms. The van der Waals surface area contributed by atoms with Gasteiger partial charge in [-0.3, -0.25) is 0 Å². The number of anilines is 1. The van der Waals surface area contributed by atoms with Crippen molar-refractivity contribution in [2.75, 3.05) is 23.7 Å². The molecule has 8 heteroatoms. The Bertz CT molecular complexity index is 646. The summed E-state index contributed by atoms with van der Waals surface area (Å²) in [5.41, 5.74) is 0.525. The van der Waals surface area contributed by atoms with Gasteiger partial charge in [-0.1, -0.05) is 6.92 Å². The zero-order valence-corrected chi connectivity index (χ0v) is 13.3. The topological polar surface area (TPSA) is 101 Å². The van der Waals surface area contributed by atoms with E-state index in [9.17, 15) is 18.3 Å². The summed E-state index contributed by atoms with van der Waals surface area (Å²) in [6.45, 7) is 3.61. The molecule has 116 valence electrons. The van der Waals surface area contributed by atoms with Crippen molar-refractivity contribution in [3.05, 3.63) is 23.8 Å². The van der Waals surface area contributed by atoms with Gasteiger partial charge in [-0.25, -0.2) is 18.4 Å². The number of carbonyl (C=O) groups is 1. The summed E-state index contributed by atoms with van der Waals surface area (Å²) >= 11 is 1.88. The molecular formula is C13H18N2O4S2. The summed E-state index contributed by atoms with van der Waals surface area (Å²) in [5, 5.41) is 14.9. The highest BCUT2D eigenvalue weighted by Gasteiger charge is 2.24. The average molecular weight is 330 g/mol. The normalized spacial score (nSPS) is 19.5. The van der Waals surface area contributed by atoms with Crippen LogP contribution in [0, 0.1) is 0 Å². The molecule has 1 aliphatic heterocycles. The van der Waals surface area contributed by atoms with Crippen LogP contribution in [0.1, 0.15) is 23.7 Å². The number of aromatic carboxylic acids is 1. The molecule has 1 aromatic carbocycles. The van der Waals surface area contributed by atoms with Gasteiger partial charge in [-0.15, -0.1) is 0 Å². The highest BCUT2D eigenvalue weighted by Crippen LogP contribution is 2.29. The number of carboxylic acid groups (broad SMARTS) is 1. The number of nitrogens with two attached hydrogens (primary N) is 1. The van der Waals surface area contributed by atoms with Crippen molar-refractivity contribution < 1.29 is 18.3 Å². The third-order valence-corrected chi connectivity index (χ3v) is 5.74. The van der Waals surface area contributed by atoms with E-state index in [0.29, 0.717) is 10.9 Å². The van der Waals surface area contributed by atoms with Gasteiger partial charge in [0.1, 0.15) is 0 Å². The van der Waals surface area contributed by atoms with Crippen LogP contribution in [-0.4, -0.2) is 43.6 Å². The Morgan fingerprint density at radius 1 is 1.52 bits per heavy atom. The molecule has 1 fully saturated rings. The maximum absolute atomic E-state index is 11.4. The van der Waals surface area contributed by atoms with Crippen LogP contribution < -0.4 is 10.0 Å². The summed E-state index contributed by atoms with van der Waals surface area (Å²) in [5.74, 6) is -0.226. The molecule has 0 aliphatic carbocycles. The molecule has 1 heterocycles. The standard InChI is InChI=1S/C13H18N2O4S2/c1-2-9-8-15(5-6-20-9)12-4-3-10(21(14,18)19)7-11(12)13(16)17/h3-4,7,9H,2,5-6,8H2,1H3,(H,16,17)(H2,14,18,19). The first-order valence-electron chi connectivity index (χ1n) is 6.59. The van der Waals surface area contributed by atoms with Gasteiger partial charge in [-0.05, 0) is 24.6 Å². The van der Waals surface area contributed by atoms with Crippen LogP contribution in [0.3, 0.4) is 0 Å². The quantitative estimate of drug-likeness (QED) is 0.864. The number of hydrogen-bond acceptors (Lipinski definition) is 5. The maximum Gasteiger partial charge on any atom is 0.337 e. The van der Waals surface area contributed by atoms with Crippen molar-refractivity contribution in [2.24, 2.45) is 5.14 Å². The Labute approximate surface area is 128 Å². The monoisotopic (exact) mass is 330 g/mol. The van der Waals surface area contributed by atoms with E-state index in [4.69, 9.17) is 5.14 Å². The number of carboxylic acids is 1. The van der Waals surface area contributed by atoms with Gasteiger partial charge >= 0.3 is 5.97 Å². The number of sulfonamides is 1. The van der Waals surface area contributed by atoms with E-state index in [0.717, 1.165) is 31.3 Å². The van der Waals surface area contributed by atoms with Gasteiger partial charge < -0.3 is 10.0 Å². The zero-order valence-electron chi connectivity index (χ0n) is 11.7. The summed E-state index contributed by atoms with van der Waals surface area (Å²) < 4.78 is 22.7. The predicted molar refractivity (Wildman–Crippen MR) is 83.5 cm³/mol. The lowest BCUT2D eigenvalue weighted by atomic mass is 10.1. The van der Waals surface area contributed by atoms with Crippen molar-refractivity contribution in [2.45, 2.75) is 23.5 Å². The molecule has 2 rings (SSSR count). The van der Waals surface area contributed by atoms with Crippen molar-refractivity contribution >= 4 is 33.4 Å². The number of primary sulfonamides is 1. The molecule has 0 radical (unpaired) electrons. The predicted octanol–water partition coefficient (Wildman–Crippen LogP) is 1.36. The van der Waals surface area contributed by atoms with Gasteiger partial charge in [-0.2, -0.15) is 11.8 Å². The van der Waals surface area contributed by atoms with Crippen LogP contribution >= 0.6 is 11.8 Å². The highest BCUT2D eigenvalue weighted by atomic mass is 32.2. The molecule has 3 N–H and O–H groups in total. The Balaban J connectivity index is 2.41. The minimum atomic E-state index is -3.91. The molecule has 0 bridgehead atoms. The number of thioether (sulfide) groups is 1. The van der Waals surface area contributed by atoms with Crippen LogP contribution in [0.2, 0.25) is 0 Å². The third kappa shape index (κ3) is 3.69. The Morgan fingerprint density at radius 2 is 2.24 bits per heavy atom. The third-order valence-electron chi connectivity index (χ3n) is 3.46. The van der Waals surface area contributed by atoms with Crippen LogP contribution in [-0.2, 0) is 10.0 Å². The minimum absolute atomic E-state index is 0.0247. The van der Waals surface area contributed by atoms with E-state index in [1.807, 2.05) is 16.7 Å². The Morgan fingerprint density at radius 3 is 2.81 bits per heavy atom. The number of benzene rings is 1. The maximum atomic E-state index is 11.4. The number of rotatable bonds is 4. The van der Waals surface area contributed by atoms with E-state index in [1.54, 1.807) is 0 Å². The molecule has 1 aromatic rings. The number of hydrogen-bond donors (Lipinski definition) is 2. The zero-order chi connectivity index (χ0) is 15.6. The largest absolute Gasteiger partial charge is 0.478 e. The molecule has 1 aliphatic rings. The van der Waals surface area contributed by atoms with Crippen molar-refractivity contribution in [3.8, 4) is 0 Å². The number of nitrogens with zero attached hydrogens (tertiary/aromatic N) is 1. The molecule has 0 amide bonds. The van der Waals surface area contributed by atoms with Gasteiger partial charge in [0.2, 0.25) is 10.0 Å². The van der Waals surface area contributed by atoms with E-state index >= 15 is 0 Å². The Hall–Kier alpha value is -1.25. The van der Waals surface area contributed by atoms with Gasteiger partial charge in [0.15, 0.2) is 0 Å². The molecule has 0 saturated carbocycles. The van der Waals surface area contributed by atoms with Crippen LogP contribution in [0.5, 0.6) is 0 Å².